The van der Waals surface area contributed by atoms with Gasteiger partial charge in [0.2, 0.25) is 10.0 Å². The number of hydrogen-bond acceptors (Lipinski definition) is 6. The van der Waals surface area contributed by atoms with E-state index in [4.69, 9.17) is 4.74 Å². The van der Waals surface area contributed by atoms with E-state index in [1.807, 2.05) is 4.90 Å². The van der Waals surface area contributed by atoms with Gasteiger partial charge in [0, 0.05) is 40.3 Å². The van der Waals surface area contributed by atoms with Gasteiger partial charge in [-0.2, -0.15) is 0 Å². The highest BCUT2D eigenvalue weighted by molar-refractivity contribution is 7.89. The van der Waals surface area contributed by atoms with Crippen molar-refractivity contribution in [2.75, 3.05) is 51.8 Å². The third-order valence-electron chi connectivity index (χ3n) is 4.79. The van der Waals surface area contributed by atoms with E-state index < -0.39 is 22.6 Å². The van der Waals surface area contributed by atoms with E-state index in [1.54, 1.807) is 18.2 Å². The number of anilines is 1. The normalized spacial score (nSPS) is 13.9. The lowest BCUT2D eigenvalue weighted by Gasteiger charge is -2.23. The molecule has 1 amide bonds. The van der Waals surface area contributed by atoms with Crippen molar-refractivity contribution < 1.29 is 22.7 Å². The van der Waals surface area contributed by atoms with Crippen LogP contribution in [0, 0.1) is 0 Å². The van der Waals surface area contributed by atoms with Crippen molar-refractivity contribution in [2.45, 2.75) is 17.7 Å². The van der Waals surface area contributed by atoms with Crippen molar-refractivity contribution in [3.8, 4) is 0 Å². The molecule has 0 spiro atoms. The summed E-state index contributed by atoms with van der Waals surface area (Å²) >= 11 is 0. The zero-order chi connectivity index (χ0) is 22.3. The van der Waals surface area contributed by atoms with E-state index in [-0.39, 0.29) is 16.4 Å². The Morgan fingerprint density at radius 2 is 1.73 bits per heavy atom. The first-order valence-electron chi connectivity index (χ1n) is 9.70. The van der Waals surface area contributed by atoms with E-state index in [0.717, 1.165) is 30.2 Å². The van der Waals surface area contributed by atoms with Gasteiger partial charge >= 0.3 is 5.97 Å². The lowest BCUT2D eigenvalue weighted by molar-refractivity contribution is -0.133. The van der Waals surface area contributed by atoms with Gasteiger partial charge in [-0.25, -0.2) is 17.5 Å². The summed E-state index contributed by atoms with van der Waals surface area (Å²) in [5.74, 6) is -1.12. The standard InChI is InChI=1S/C21H29N3O5S/c1-5-11-24(12-6-2)20(25)16-29-21(26)18-15-17(30(27,28)22(3)4)9-10-19(18)23-13-7-8-14-23/h5-6,9-10,15H,1-2,7-8,11-14,16H2,3-4H3. The van der Waals surface area contributed by atoms with E-state index in [9.17, 15) is 18.0 Å². The number of sulfonamides is 1. The Kier molecular flexibility index (Phi) is 8.19. The van der Waals surface area contributed by atoms with E-state index >= 15 is 0 Å². The van der Waals surface area contributed by atoms with Crippen LogP contribution in [0.5, 0.6) is 0 Å². The smallest absolute Gasteiger partial charge is 0.340 e. The molecule has 8 nitrogen and oxygen atoms in total. The molecule has 1 saturated heterocycles. The maximum atomic E-state index is 12.8. The van der Waals surface area contributed by atoms with E-state index in [0.29, 0.717) is 18.8 Å². The fraction of sp³-hybridized carbons (Fsp3) is 0.429. The molecule has 0 saturated carbocycles. The number of carbonyl (C=O) groups is 2. The predicted molar refractivity (Wildman–Crippen MR) is 116 cm³/mol. The van der Waals surface area contributed by atoms with Crippen LogP contribution < -0.4 is 4.90 Å². The average molecular weight is 436 g/mol. The SMILES string of the molecule is C=CCN(CC=C)C(=O)COC(=O)c1cc(S(=O)(=O)N(C)C)ccc1N1CCCC1. The highest BCUT2D eigenvalue weighted by Gasteiger charge is 2.26. The first-order valence-corrected chi connectivity index (χ1v) is 11.1. The summed E-state index contributed by atoms with van der Waals surface area (Å²) < 4.78 is 31.4. The zero-order valence-corrected chi connectivity index (χ0v) is 18.4. The number of carbonyl (C=O) groups excluding carboxylic acids is 2. The van der Waals surface area contributed by atoms with E-state index in [2.05, 4.69) is 13.2 Å². The Balaban J connectivity index is 2.29. The van der Waals surface area contributed by atoms with Gasteiger partial charge in [0.25, 0.3) is 5.91 Å². The molecule has 1 aliphatic rings. The quantitative estimate of drug-likeness (QED) is 0.412. The van der Waals surface area contributed by atoms with Crippen LogP contribution in [-0.2, 0) is 19.6 Å². The minimum absolute atomic E-state index is 0.00587. The maximum Gasteiger partial charge on any atom is 0.340 e. The number of nitrogens with zero attached hydrogens (tertiary/aromatic N) is 3. The van der Waals surface area contributed by atoms with Gasteiger partial charge < -0.3 is 14.5 Å². The molecule has 0 aromatic heterocycles. The summed E-state index contributed by atoms with van der Waals surface area (Å²) in [6, 6.07) is 4.43. The maximum absolute atomic E-state index is 12.8. The molecular weight excluding hydrogens is 406 g/mol. The molecule has 1 aromatic rings. The Hall–Kier alpha value is -2.65. The summed E-state index contributed by atoms with van der Waals surface area (Å²) in [7, 11) is -0.873. The first kappa shape index (κ1) is 23.6. The van der Waals surface area contributed by atoms with Gasteiger partial charge in [-0.15, -0.1) is 13.2 Å². The predicted octanol–water partition coefficient (Wildman–Crippen LogP) is 1.89. The van der Waals surface area contributed by atoms with Crippen LogP contribution in [0.1, 0.15) is 23.2 Å². The van der Waals surface area contributed by atoms with Crippen molar-refractivity contribution >= 4 is 27.6 Å². The molecule has 0 N–H and O–H groups in total. The molecule has 164 valence electrons. The molecule has 1 fully saturated rings. The third-order valence-corrected chi connectivity index (χ3v) is 6.60. The molecule has 0 unspecified atom stereocenters. The minimum Gasteiger partial charge on any atom is -0.452 e. The number of ether oxygens (including phenoxy) is 1. The van der Waals surface area contributed by atoms with Crippen molar-refractivity contribution in [3.05, 3.63) is 49.1 Å². The highest BCUT2D eigenvalue weighted by Crippen LogP contribution is 2.28. The van der Waals surface area contributed by atoms with Crippen LogP contribution in [0.2, 0.25) is 0 Å². The van der Waals surface area contributed by atoms with Gasteiger partial charge in [0.1, 0.15) is 0 Å². The summed E-state index contributed by atoms with van der Waals surface area (Å²) in [6.45, 7) is 8.91. The molecule has 0 atom stereocenters. The number of benzene rings is 1. The van der Waals surface area contributed by atoms with E-state index in [1.165, 1.54) is 31.1 Å². The minimum atomic E-state index is -3.72. The van der Waals surface area contributed by atoms with Gasteiger partial charge in [-0.1, -0.05) is 12.2 Å². The van der Waals surface area contributed by atoms with Crippen LogP contribution in [-0.4, -0.2) is 76.4 Å². The molecule has 30 heavy (non-hydrogen) atoms. The van der Waals surface area contributed by atoms with Crippen molar-refractivity contribution in [1.82, 2.24) is 9.21 Å². The number of rotatable bonds is 10. The highest BCUT2D eigenvalue weighted by atomic mass is 32.2. The van der Waals surface area contributed by atoms with Crippen molar-refractivity contribution in [1.29, 1.82) is 0 Å². The summed E-state index contributed by atoms with van der Waals surface area (Å²) in [5.41, 5.74) is 0.739. The third kappa shape index (κ3) is 5.48. The summed E-state index contributed by atoms with van der Waals surface area (Å²) in [5, 5.41) is 0. The van der Waals surface area contributed by atoms with Gasteiger partial charge in [0.05, 0.1) is 16.1 Å². The number of amides is 1. The monoisotopic (exact) mass is 435 g/mol. The number of esters is 1. The van der Waals surface area contributed by atoms with Crippen LogP contribution in [0.15, 0.2) is 48.4 Å². The Labute approximate surface area is 178 Å². The van der Waals surface area contributed by atoms with Crippen LogP contribution >= 0.6 is 0 Å². The second-order valence-corrected chi connectivity index (χ2v) is 9.26. The molecule has 0 aliphatic carbocycles. The van der Waals surface area contributed by atoms with Crippen LogP contribution in [0.3, 0.4) is 0 Å². The largest absolute Gasteiger partial charge is 0.452 e. The molecule has 1 heterocycles. The fourth-order valence-electron chi connectivity index (χ4n) is 3.17. The lowest BCUT2D eigenvalue weighted by Crippen LogP contribution is -2.35. The molecular formula is C21H29N3O5S. The molecule has 0 radical (unpaired) electrons. The van der Waals surface area contributed by atoms with Gasteiger partial charge in [-0.3, -0.25) is 4.79 Å². The van der Waals surface area contributed by atoms with Crippen molar-refractivity contribution in [2.24, 2.45) is 0 Å². The Bertz CT molecular complexity index is 895. The van der Waals surface area contributed by atoms with Gasteiger partial charge in [0.15, 0.2) is 6.61 Å². The zero-order valence-electron chi connectivity index (χ0n) is 17.5. The molecule has 2 rings (SSSR count). The Morgan fingerprint density at radius 3 is 2.27 bits per heavy atom. The Morgan fingerprint density at radius 1 is 1.13 bits per heavy atom. The molecule has 1 aromatic carbocycles. The molecule has 1 aliphatic heterocycles. The second-order valence-electron chi connectivity index (χ2n) is 7.11. The summed E-state index contributed by atoms with van der Waals surface area (Å²) in [4.78, 5) is 28.7. The van der Waals surface area contributed by atoms with Crippen LogP contribution in [0.4, 0.5) is 5.69 Å². The van der Waals surface area contributed by atoms with Crippen molar-refractivity contribution in [3.63, 3.8) is 0 Å². The second kappa shape index (κ2) is 10.4. The fourth-order valence-corrected chi connectivity index (χ4v) is 4.10. The molecule has 0 bridgehead atoms. The topological polar surface area (TPSA) is 87.2 Å². The average Bonchev–Trinajstić information content (AvgIpc) is 3.25. The summed E-state index contributed by atoms with van der Waals surface area (Å²) in [6.07, 6.45) is 5.13. The lowest BCUT2D eigenvalue weighted by atomic mass is 10.1. The van der Waals surface area contributed by atoms with Crippen LogP contribution in [0.25, 0.3) is 0 Å². The van der Waals surface area contributed by atoms with Gasteiger partial charge in [-0.05, 0) is 31.0 Å². The molecule has 9 heteroatoms. The number of hydrogen-bond donors (Lipinski definition) is 0. The first-order chi connectivity index (χ1) is 14.2.